The largest absolute Gasteiger partial charge is 0.321 e. The Kier molecular flexibility index (Phi) is 4.22. The van der Waals surface area contributed by atoms with Crippen LogP contribution in [-0.2, 0) is 0 Å². The molecule has 1 N–H and O–H groups in total. The summed E-state index contributed by atoms with van der Waals surface area (Å²) in [6, 6.07) is 4.73. The fraction of sp³-hybridized carbons (Fsp3) is 0. The van der Waals surface area contributed by atoms with Crippen LogP contribution in [0.4, 0.5) is 15.8 Å². The van der Waals surface area contributed by atoms with E-state index in [4.69, 9.17) is 23.2 Å². The van der Waals surface area contributed by atoms with E-state index < -0.39 is 16.6 Å². The monoisotopic (exact) mass is 334 g/mol. The molecular weight excluding hydrogens is 330 g/mol. The molecule has 2 aromatic rings. The second-order valence-corrected chi connectivity index (χ2v) is 5.67. The van der Waals surface area contributed by atoms with Gasteiger partial charge < -0.3 is 5.32 Å². The zero-order valence-electron chi connectivity index (χ0n) is 9.52. The Morgan fingerprint density at radius 3 is 2.60 bits per heavy atom. The minimum absolute atomic E-state index is 0.0714. The molecule has 0 spiro atoms. The van der Waals surface area contributed by atoms with Crippen molar-refractivity contribution in [1.29, 1.82) is 0 Å². The van der Waals surface area contributed by atoms with Crippen LogP contribution in [0.5, 0.6) is 0 Å². The first kappa shape index (κ1) is 14.7. The number of nitrogens with one attached hydrogen (secondary N) is 1. The van der Waals surface area contributed by atoms with E-state index >= 15 is 0 Å². The minimum Gasteiger partial charge on any atom is -0.321 e. The predicted octanol–water partition coefficient (Wildman–Crippen LogP) is 4.35. The SMILES string of the molecule is O=C(Nc1ccc(F)c(Cl)c1)c1cc([N+](=O)[O-])c(Cl)s1. The van der Waals surface area contributed by atoms with Gasteiger partial charge in [0.1, 0.15) is 10.7 Å². The van der Waals surface area contributed by atoms with Crippen LogP contribution in [0.25, 0.3) is 0 Å². The van der Waals surface area contributed by atoms with Crippen molar-refractivity contribution >= 4 is 51.8 Å². The number of hydrogen-bond donors (Lipinski definition) is 1. The van der Waals surface area contributed by atoms with Gasteiger partial charge in [0, 0.05) is 11.8 Å². The molecule has 2 rings (SSSR count). The number of anilines is 1. The Balaban J connectivity index is 2.21. The Morgan fingerprint density at radius 2 is 2.05 bits per heavy atom. The number of halogens is 3. The summed E-state index contributed by atoms with van der Waals surface area (Å²) in [4.78, 5) is 21.9. The molecule has 0 aliphatic carbocycles. The predicted molar refractivity (Wildman–Crippen MR) is 75.3 cm³/mol. The van der Waals surface area contributed by atoms with Gasteiger partial charge in [0.15, 0.2) is 4.34 Å². The van der Waals surface area contributed by atoms with Crippen molar-refractivity contribution in [1.82, 2.24) is 0 Å². The Hall–Kier alpha value is -1.70. The lowest BCUT2D eigenvalue weighted by Crippen LogP contribution is -2.10. The number of nitro groups is 1. The van der Waals surface area contributed by atoms with E-state index in [0.29, 0.717) is 0 Å². The van der Waals surface area contributed by atoms with E-state index in [2.05, 4.69) is 5.32 Å². The first-order valence-electron chi connectivity index (χ1n) is 5.08. The molecule has 0 saturated heterocycles. The van der Waals surface area contributed by atoms with Gasteiger partial charge in [-0.05, 0) is 18.2 Å². The van der Waals surface area contributed by atoms with Crippen LogP contribution in [-0.4, -0.2) is 10.8 Å². The molecule has 9 heteroatoms. The van der Waals surface area contributed by atoms with Gasteiger partial charge in [-0.15, -0.1) is 11.3 Å². The zero-order chi connectivity index (χ0) is 14.9. The molecule has 20 heavy (non-hydrogen) atoms. The van der Waals surface area contributed by atoms with Crippen molar-refractivity contribution < 1.29 is 14.1 Å². The average Bonchev–Trinajstić information content (AvgIpc) is 2.76. The van der Waals surface area contributed by atoms with Crippen LogP contribution < -0.4 is 5.32 Å². The van der Waals surface area contributed by atoms with E-state index in [1.165, 1.54) is 12.1 Å². The second kappa shape index (κ2) is 5.74. The summed E-state index contributed by atoms with van der Waals surface area (Å²) in [6.07, 6.45) is 0. The number of benzene rings is 1. The maximum atomic E-state index is 13.0. The molecule has 1 aromatic carbocycles. The van der Waals surface area contributed by atoms with Crippen LogP contribution in [0.1, 0.15) is 9.67 Å². The van der Waals surface area contributed by atoms with Crippen molar-refractivity contribution in [2.75, 3.05) is 5.32 Å². The third kappa shape index (κ3) is 3.06. The maximum absolute atomic E-state index is 13.0. The number of amides is 1. The van der Waals surface area contributed by atoms with Gasteiger partial charge in [0.2, 0.25) is 0 Å². The number of carbonyl (C=O) groups excluding carboxylic acids is 1. The third-order valence-electron chi connectivity index (χ3n) is 2.27. The lowest BCUT2D eigenvalue weighted by atomic mass is 10.3. The molecular formula is C11H5Cl2FN2O3S. The number of nitrogens with zero attached hydrogens (tertiary/aromatic N) is 1. The van der Waals surface area contributed by atoms with Crippen LogP contribution in [0, 0.1) is 15.9 Å². The summed E-state index contributed by atoms with van der Waals surface area (Å²) in [5.74, 6) is -1.20. The molecule has 0 unspecified atom stereocenters. The minimum atomic E-state index is -0.676. The molecule has 0 radical (unpaired) electrons. The third-order valence-corrected chi connectivity index (χ3v) is 3.89. The topological polar surface area (TPSA) is 72.2 Å². The highest BCUT2D eigenvalue weighted by atomic mass is 35.5. The Bertz CT molecular complexity index is 705. The van der Waals surface area contributed by atoms with Gasteiger partial charge in [0.05, 0.1) is 9.95 Å². The number of carbonyl (C=O) groups is 1. The summed E-state index contributed by atoms with van der Waals surface area (Å²) < 4.78 is 12.9. The van der Waals surface area contributed by atoms with Crippen molar-refractivity contribution in [3.05, 3.63) is 54.4 Å². The maximum Gasteiger partial charge on any atom is 0.299 e. The molecule has 0 atom stereocenters. The summed E-state index contributed by atoms with van der Waals surface area (Å²) >= 11 is 12.0. The molecule has 0 fully saturated rings. The number of thiophene rings is 1. The van der Waals surface area contributed by atoms with E-state index in [9.17, 15) is 19.3 Å². The van der Waals surface area contributed by atoms with Crippen LogP contribution in [0.2, 0.25) is 9.36 Å². The lowest BCUT2D eigenvalue weighted by Gasteiger charge is -2.03. The highest BCUT2D eigenvalue weighted by Gasteiger charge is 2.21. The van der Waals surface area contributed by atoms with Crippen molar-refractivity contribution in [2.45, 2.75) is 0 Å². The van der Waals surface area contributed by atoms with Gasteiger partial charge in [-0.3, -0.25) is 14.9 Å². The number of hydrogen-bond acceptors (Lipinski definition) is 4. The second-order valence-electron chi connectivity index (χ2n) is 3.61. The highest BCUT2D eigenvalue weighted by Crippen LogP contribution is 2.34. The normalized spacial score (nSPS) is 10.3. The van der Waals surface area contributed by atoms with E-state index in [1.807, 2.05) is 0 Å². The summed E-state index contributed by atoms with van der Waals surface area (Å²) in [6.45, 7) is 0. The molecule has 0 saturated carbocycles. The lowest BCUT2D eigenvalue weighted by molar-refractivity contribution is -0.384. The molecule has 1 amide bonds. The highest BCUT2D eigenvalue weighted by molar-refractivity contribution is 7.18. The van der Waals surface area contributed by atoms with Gasteiger partial charge in [-0.25, -0.2) is 4.39 Å². The van der Waals surface area contributed by atoms with Gasteiger partial charge >= 0.3 is 0 Å². The summed E-state index contributed by atoms with van der Waals surface area (Å²) in [5.41, 5.74) is -0.0625. The molecule has 1 heterocycles. The quantitative estimate of drug-likeness (QED) is 0.669. The summed E-state index contributed by atoms with van der Waals surface area (Å²) in [5, 5.41) is 12.9. The zero-order valence-corrected chi connectivity index (χ0v) is 11.9. The average molecular weight is 335 g/mol. The molecule has 0 aliphatic rings. The fourth-order valence-electron chi connectivity index (χ4n) is 1.36. The molecule has 0 bridgehead atoms. The first-order valence-corrected chi connectivity index (χ1v) is 6.66. The van der Waals surface area contributed by atoms with Gasteiger partial charge in [-0.1, -0.05) is 23.2 Å². The first-order chi connectivity index (χ1) is 9.38. The van der Waals surface area contributed by atoms with Crippen molar-refractivity contribution in [3.63, 3.8) is 0 Å². The fourth-order valence-corrected chi connectivity index (χ4v) is 2.66. The standard InChI is InChI=1S/C11H5Cl2FN2O3S/c12-6-3-5(1-2-7(6)14)15-11(17)9-4-8(16(18)19)10(13)20-9/h1-4H,(H,15,17). The van der Waals surface area contributed by atoms with Gasteiger partial charge in [0.25, 0.3) is 11.6 Å². The molecule has 1 aromatic heterocycles. The van der Waals surface area contributed by atoms with Gasteiger partial charge in [-0.2, -0.15) is 0 Å². The molecule has 0 aliphatic heterocycles. The van der Waals surface area contributed by atoms with Crippen LogP contribution in [0.15, 0.2) is 24.3 Å². The van der Waals surface area contributed by atoms with Crippen LogP contribution >= 0.6 is 34.5 Å². The van der Waals surface area contributed by atoms with Crippen molar-refractivity contribution in [2.24, 2.45) is 0 Å². The van der Waals surface area contributed by atoms with E-state index in [0.717, 1.165) is 23.5 Å². The molecule has 104 valence electrons. The summed E-state index contributed by atoms with van der Waals surface area (Å²) in [7, 11) is 0. The molecule has 5 nitrogen and oxygen atoms in total. The van der Waals surface area contributed by atoms with E-state index in [1.54, 1.807) is 0 Å². The van der Waals surface area contributed by atoms with Crippen molar-refractivity contribution in [3.8, 4) is 0 Å². The Morgan fingerprint density at radius 1 is 1.35 bits per heavy atom. The van der Waals surface area contributed by atoms with E-state index in [-0.39, 0.29) is 25.6 Å². The smallest absolute Gasteiger partial charge is 0.299 e. The van der Waals surface area contributed by atoms with Crippen LogP contribution in [0.3, 0.4) is 0 Å². The number of rotatable bonds is 3. The Labute approximate surface area is 126 Å².